The summed E-state index contributed by atoms with van der Waals surface area (Å²) >= 11 is 0. The Labute approximate surface area is 228 Å². The van der Waals surface area contributed by atoms with E-state index in [1.807, 2.05) is 60.7 Å². The average molecular weight is 525 g/mol. The predicted molar refractivity (Wildman–Crippen MR) is 160 cm³/mol. The number of aliphatic hydroxyl groups excluding tert-OH is 1. The first-order valence-electron chi connectivity index (χ1n) is 13.4. The van der Waals surface area contributed by atoms with Crippen molar-refractivity contribution in [3.8, 4) is 5.75 Å². The third-order valence-corrected chi connectivity index (χ3v) is 12.2. The Morgan fingerprint density at radius 3 is 1.82 bits per heavy atom. The third kappa shape index (κ3) is 5.93. The Hall–Kier alpha value is -3.18. The van der Waals surface area contributed by atoms with Crippen LogP contribution in [0, 0.1) is 0 Å². The van der Waals surface area contributed by atoms with Gasteiger partial charge in [-0.05, 0) is 70.9 Å². The molecule has 0 aliphatic heterocycles. The molecule has 2 N–H and O–H groups in total. The molecule has 0 saturated heterocycles. The molecule has 0 heterocycles. The lowest BCUT2D eigenvalue weighted by Gasteiger charge is -2.43. The van der Waals surface area contributed by atoms with Crippen LogP contribution in [0.25, 0.3) is 0 Å². The zero-order chi connectivity index (χ0) is 27.4. The van der Waals surface area contributed by atoms with Crippen LogP contribution in [0.15, 0.2) is 109 Å². The monoisotopic (exact) mass is 524 g/mol. The fourth-order valence-corrected chi connectivity index (χ4v) is 9.82. The first-order chi connectivity index (χ1) is 18.0. The van der Waals surface area contributed by atoms with Gasteiger partial charge < -0.3 is 14.6 Å². The molecule has 1 atom stereocenters. The van der Waals surface area contributed by atoms with Gasteiger partial charge >= 0.3 is 8.32 Å². The largest absolute Gasteiger partial charge is 0.534 e. The van der Waals surface area contributed by atoms with Crippen LogP contribution in [0.4, 0.5) is 0 Å². The molecule has 3 nitrogen and oxygen atoms in total. The highest BCUT2D eigenvalue weighted by Gasteiger charge is 2.52. The van der Waals surface area contributed by atoms with Crippen molar-refractivity contribution in [2.75, 3.05) is 0 Å². The van der Waals surface area contributed by atoms with Gasteiger partial charge in [-0.15, -0.1) is 0 Å². The Bertz CT molecular complexity index is 1280. The molecule has 0 unspecified atom stereocenters. The molecule has 0 aromatic heterocycles. The minimum absolute atomic E-state index is 0.148. The van der Waals surface area contributed by atoms with Gasteiger partial charge in [0.1, 0.15) is 5.75 Å². The molecule has 4 heteroatoms. The minimum atomic E-state index is -2.76. The van der Waals surface area contributed by atoms with Crippen molar-refractivity contribution in [1.82, 2.24) is 0 Å². The van der Waals surface area contributed by atoms with Crippen molar-refractivity contribution in [1.29, 1.82) is 0 Å². The number of aliphatic hydroxyl groups is 2. The molecule has 0 aliphatic carbocycles. The van der Waals surface area contributed by atoms with Crippen LogP contribution < -0.4 is 14.8 Å². The molecular formula is C34H40O3Si. The van der Waals surface area contributed by atoms with Crippen molar-refractivity contribution < 1.29 is 14.6 Å². The van der Waals surface area contributed by atoms with E-state index in [1.54, 1.807) is 13.8 Å². The van der Waals surface area contributed by atoms with Crippen molar-refractivity contribution >= 4 is 18.7 Å². The molecule has 198 valence electrons. The van der Waals surface area contributed by atoms with E-state index in [0.717, 1.165) is 22.4 Å². The maximum Gasteiger partial charge on any atom is 0.319 e. The van der Waals surface area contributed by atoms with E-state index in [2.05, 4.69) is 69.3 Å². The lowest BCUT2D eigenvalue weighted by atomic mass is 9.90. The topological polar surface area (TPSA) is 49.7 Å². The van der Waals surface area contributed by atoms with E-state index in [1.165, 1.54) is 10.4 Å². The normalized spacial score (nSPS) is 13.2. The molecule has 4 rings (SSSR count). The Kier molecular flexibility index (Phi) is 8.27. The Morgan fingerprint density at radius 1 is 0.711 bits per heavy atom. The van der Waals surface area contributed by atoms with Gasteiger partial charge in [-0.2, -0.15) is 0 Å². The van der Waals surface area contributed by atoms with Crippen LogP contribution in [-0.2, 0) is 12.0 Å². The molecule has 0 aliphatic rings. The van der Waals surface area contributed by atoms with Crippen LogP contribution >= 0.6 is 0 Å². The summed E-state index contributed by atoms with van der Waals surface area (Å²) in [5.74, 6) is 0.771. The van der Waals surface area contributed by atoms with Gasteiger partial charge in [-0.25, -0.2) is 0 Å². The summed E-state index contributed by atoms with van der Waals surface area (Å²) < 4.78 is 7.15. The van der Waals surface area contributed by atoms with E-state index in [4.69, 9.17) is 4.43 Å². The van der Waals surface area contributed by atoms with Crippen molar-refractivity contribution in [3.63, 3.8) is 0 Å². The van der Waals surface area contributed by atoms with Crippen LogP contribution in [0.3, 0.4) is 0 Å². The van der Waals surface area contributed by atoms with Crippen LogP contribution in [0.2, 0.25) is 5.04 Å². The summed E-state index contributed by atoms with van der Waals surface area (Å²) in [5, 5.41) is 24.0. The summed E-state index contributed by atoms with van der Waals surface area (Å²) in [6.45, 7) is 10.4. The standard InChI is InChI=1S/C34H40O3Si/c1-33(2,3)38(29-18-8-6-9-19-29,30-20-10-7-11-21-30)37-28-17-14-16-27(25-28)32(35)24-23-26-15-12-13-22-31(26)34(4,5)36/h6-22,25,32,35-36H,23-24H2,1-5H3/t32-/m1/s1. The first kappa shape index (κ1) is 27.8. The highest BCUT2D eigenvalue weighted by atomic mass is 28.4. The molecule has 0 amide bonds. The Balaban J connectivity index is 1.66. The number of aryl methyl sites for hydroxylation is 1. The molecule has 4 aromatic carbocycles. The van der Waals surface area contributed by atoms with E-state index < -0.39 is 20.0 Å². The molecule has 38 heavy (non-hydrogen) atoms. The highest BCUT2D eigenvalue weighted by Crippen LogP contribution is 2.38. The molecular weight excluding hydrogens is 484 g/mol. The third-order valence-electron chi connectivity index (χ3n) is 7.29. The maximum atomic E-state index is 11.2. The minimum Gasteiger partial charge on any atom is -0.534 e. The smallest absolute Gasteiger partial charge is 0.319 e. The fraction of sp³-hybridized carbons (Fsp3) is 0.294. The van der Waals surface area contributed by atoms with E-state index in [0.29, 0.717) is 12.8 Å². The molecule has 0 radical (unpaired) electrons. The summed E-state index contributed by atoms with van der Waals surface area (Å²) in [5.41, 5.74) is 1.86. The summed E-state index contributed by atoms with van der Waals surface area (Å²) in [7, 11) is -2.76. The highest BCUT2D eigenvalue weighted by molar-refractivity contribution is 7.00. The SMILES string of the molecule is CC(C)(O)c1ccccc1CC[C@@H](O)c1cccc(O[Si](c2ccccc2)(c2ccccc2)C(C)(C)C)c1. The number of benzene rings is 4. The van der Waals surface area contributed by atoms with Gasteiger partial charge in [0, 0.05) is 0 Å². The van der Waals surface area contributed by atoms with Crippen molar-refractivity contribution in [2.24, 2.45) is 0 Å². The van der Waals surface area contributed by atoms with Crippen LogP contribution in [-0.4, -0.2) is 18.5 Å². The Morgan fingerprint density at radius 2 is 1.26 bits per heavy atom. The second-order valence-corrected chi connectivity index (χ2v) is 15.8. The van der Waals surface area contributed by atoms with Gasteiger partial charge in [0.25, 0.3) is 0 Å². The van der Waals surface area contributed by atoms with Gasteiger partial charge in [0.15, 0.2) is 0 Å². The summed E-state index contributed by atoms with van der Waals surface area (Å²) in [6.07, 6.45) is 0.573. The van der Waals surface area contributed by atoms with E-state index in [-0.39, 0.29) is 5.04 Å². The van der Waals surface area contributed by atoms with Crippen LogP contribution in [0.1, 0.15) is 63.8 Å². The molecule has 0 fully saturated rings. The lowest BCUT2D eigenvalue weighted by Crippen LogP contribution is -2.68. The summed E-state index contributed by atoms with van der Waals surface area (Å²) in [6, 6.07) is 37.0. The second-order valence-electron chi connectivity index (χ2n) is 11.6. The molecule has 0 saturated carbocycles. The number of hydrogen-bond acceptors (Lipinski definition) is 3. The van der Waals surface area contributed by atoms with Crippen LogP contribution in [0.5, 0.6) is 5.75 Å². The second kappa shape index (κ2) is 11.3. The van der Waals surface area contributed by atoms with Gasteiger partial charge in [0.05, 0.1) is 11.7 Å². The lowest BCUT2D eigenvalue weighted by molar-refractivity contribution is 0.0772. The maximum absolute atomic E-state index is 11.2. The van der Waals surface area contributed by atoms with E-state index in [9.17, 15) is 10.2 Å². The fourth-order valence-electron chi connectivity index (χ4n) is 5.41. The molecule has 4 aromatic rings. The number of rotatable bonds is 9. The average Bonchev–Trinajstić information content (AvgIpc) is 2.90. The van der Waals surface area contributed by atoms with Gasteiger partial charge in [-0.1, -0.05) is 118 Å². The first-order valence-corrected chi connectivity index (χ1v) is 15.3. The summed E-state index contributed by atoms with van der Waals surface area (Å²) in [4.78, 5) is 0. The van der Waals surface area contributed by atoms with Gasteiger partial charge in [-0.3, -0.25) is 0 Å². The zero-order valence-electron chi connectivity index (χ0n) is 23.2. The quantitative estimate of drug-likeness (QED) is 0.245. The predicted octanol–water partition coefficient (Wildman–Crippen LogP) is 6.52. The van der Waals surface area contributed by atoms with Gasteiger partial charge in [0.2, 0.25) is 0 Å². The van der Waals surface area contributed by atoms with E-state index >= 15 is 0 Å². The van der Waals surface area contributed by atoms with Crippen molar-refractivity contribution in [3.05, 3.63) is 126 Å². The van der Waals surface area contributed by atoms with Crippen molar-refractivity contribution in [2.45, 2.75) is 64.2 Å². The number of hydrogen-bond donors (Lipinski definition) is 2. The zero-order valence-corrected chi connectivity index (χ0v) is 24.2. The molecule has 0 spiro atoms. The molecule has 0 bridgehead atoms.